The normalized spacial score (nSPS) is 11.0. The fraction of sp³-hybridized carbons (Fsp3) is 0.158. The van der Waals surface area contributed by atoms with E-state index in [-0.39, 0.29) is 10.7 Å². The molecule has 6 nitrogen and oxygen atoms in total. The number of hydrogen-bond donors (Lipinski definition) is 2. The number of carbonyl (C=O) groups is 2. The topological polar surface area (TPSA) is 84.9 Å². The Balaban J connectivity index is 2.35. The Hall–Kier alpha value is -2.99. The number of aliphatic carboxylic acids is 1. The van der Waals surface area contributed by atoms with E-state index in [1.165, 1.54) is 19.3 Å². The maximum atomic E-state index is 12.2. The molecule has 0 saturated heterocycles. The van der Waals surface area contributed by atoms with E-state index < -0.39 is 11.9 Å². The number of amides is 1. The van der Waals surface area contributed by atoms with Crippen molar-refractivity contribution in [2.24, 2.45) is 0 Å². The molecule has 0 atom stereocenters. The van der Waals surface area contributed by atoms with E-state index in [1.807, 2.05) is 6.92 Å². The smallest absolute Gasteiger partial charge is 0.352 e. The fourth-order valence-corrected chi connectivity index (χ4v) is 2.48. The van der Waals surface area contributed by atoms with Crippen LogP contribution in [0.4, 0.5) is 0 Å². The van der Waals surface area contributed by atoms with Crippen LogP contribution in [-0.2, 0) is 4.79 Å². The van der Waals surface area contributed by atoms with Gasteiger partial charge in [-0.05, 0) is 42.8 Å². The van der Waals surface area contributed by atoms with Crippen molar-refractivity contribution < 1.29 is 24.2 Å². The maximum Gasteiger partial charge on any atom is 0.352 e. The second kappa shape index (κ2) is 8.92. The molecule has 0 bridgehead atoms. The number of rotatable bonds is 7. The predicted octanol–water partition coefficient (Wildman–Crippen LogP) is 3.60. The van der Waals surface area contributed by atoms with Crippen molar-refractivity contribution in [3.05, 3.63) is 64.3 Å². The molecule has 0 unspecified atom stereocenters. The van der Waals surface area contributed by atoms with Crippen molar-refractivity contribution in [3.63, 3.8) is 0 Å². The number of benzene rings is 2. The van der Waals surface area contributed by atoms with E-state index in [1.54, 1.807) is 36.4 Å². The summed E-state index contributed by atoms with van der Waals surface area (Å²) in [7, 11) is 1.46. The summed E-state index contributed by atoms with van der Waals surface area (Å²) in [4.78, 5) is 23.7. The van der Waals surface area contributed by atoms with Crippen molar-refractivity contribution in [2.45, 2.75) is 6.92 Å². The van der Waals surface area contributed by atoms with Crippen molar-refractivity contribution >= 4 is 29.6 Å². The standard InChI is InChI=1S/C19H18ClNO5/c1-3-26-17-14(20)9-12(11-16(17)25-2)10-15(19(23)24)21-18(22)13-7-5-4-6-8-13/h4-11H,3H2,1-2H3,(H,21,22)(H,23,24)/b15-10+. The Kier molecular flexibility index (Phi) is 6.63. The fourth-order valence-electron chi connectivity index (χ4n) is 2.21. The van der Waals surface area contributed by atoms with Gasteiger partial charge in [-0.25, -0.2) is 4.79 Å². The average Bonchev–Trinajstić information content (AvgIpc) is 2.63. The van der Waals surface area contributed by atoms with Gasteiger partial charge < -0.3 is 19.9 Å². The number of ether oxygens (including phenoxy) is 2. The van der Waals surface area contributed by atoms with Crippen LogP contribution in [0.25, 0.3) is 6.08 Å². The average molecular weight is 376 g/mol. The Morgan fingerprint density at radius 2 is 1.92 bits per heavy atom. The molecule has 0 aliphatic rings. The second-order valence-corrected chi connectivity index (χ2v) is 5.56. The minimum absolute atomic E-state index is 0.275. The van der Waals surface area contributed by atoms with Crippen LogP contribution in [0.1, 0.15) is 22.8 Å². The van der Waals surface area contributed by atoms with Gasteiger partial charge in [0.1, 0.15) is 5.70 Å². The molecule has 0 heterocycles. The van der Waals surface area contributed by atoms with Gasteiger partial charge in [0.05, 0.1) is 18.7 Å². The van der Waals surface area contributed by atoms with Crippen LogP contribution in [0, 0.1) is 0 Å². The molecular formula is C19H18ClNO5. The van der Waals surface area contributed by atoms with Gasteiger partial charge in [0.25, 0.3) is 5.91 Å². The molecule has 7 heteroatoms. The highest BCUT2D eigenvalue weighted by Gasteiger charge is 2.15. The molecule has 136 valence electrons. The molecule has 0 fully saturated rings. The largest absolute Gasteiger partial charge is 0.493 e. The number of hydrogen-bond acceptors (Lipinski definition) is 4. The van der Waals surface area contributed by atoms with Gasteiger partial charge >= 0.3 is 5.97 Å². The first-order valence-electron chi connectivity index (χ1n) is 7.78. The van der Waals surface area contributed by atoms with E-state index in [2.05, 4.69) is 5.32 Å². The Morgan fingerprint density at radius 1 is 1.23 bits per heavy atom. The SMILES string of the molecule is CCOc1c(Cl)cc(/C=C(/NC(=O)c2ccccc2)C(=O)O)cc1OC. The summed E-state index contributed by atoms with van der Waals surface area (Å²) in [5.41, 5.74) is 0.504. The van der Waals surface area contributed by atoms with Gasteiger partial charge in [0.2, 0.25) is 0 Å². The lowest BCUT2D eigenvalue weighted by molar-refractivity contribution is -0.132. The van der Waals surface area contributed by atoms with Crippen molar-refractivity contribution in [3.8, 4) is 11.5 Å². The lowest BCUT2D eigenvalue weighted by Crippen LogP contribution is -2.27. The van der Waals surface area contributed by atoms with Crippen LogP contribution in [-0.4, -0.2) is 30.7 Å². The van der Waals surface area contributed by atoms with Crippen LogP contribution in [0.2, 0.25) is 5.02 Å². The highest BCUT2D eigenvalue weighted by atomic mass is 35.5. The monoisotopic (exact) mass is 375 g/mol. The van der Waals surface area contributed by atoms with Crippen molar-refractivity contribution in [2.75, 3.05) is 13.7 Å². The van der Waals surface area contributed by atoms with E-state index in [0.29, 0.717) is 29.2 Å². The van der Waals surface area contributed by atoms with Crippen LogP contribution in [0.3, 0.4) is 0 Å². The number of halogens is 1. The van der Waals surface area contributed by atoms with Gasteiger partial charge in [0.15, 0.2) is 11.5 Å². The number of carboxylic acid groups (broad SMARTS) is 1. The molecule has 0 saturated carbocycles. The Bertz CT molecular complexity index is 833. The number of methoxy groups -OCH3 is 1. The summed E-state index contributed by atoms with van der Waals surface area (Å²) < 4.78 is 10.7. The maximum absolute atomic E-state index is 12.2. The number of carboxylic acids is 1. The summed E-state index contributed by atoms with van der Waals surface area (Å²) in [5.74, 6) is -1.06. The zero-order valence-corrected chi connectivity index (χ0v) is 15.0. The van der Waals surface area contributed by atoms with E-state index in [0.717, 1.165) is 0 Å². The molecule has 0 aliphatic heterocycles. The molecular weight excluding hydrogens is 358 g/mol. The third-order valence-electron chi connectivity index (χ3n) is 3.37. The minimum atomic E-state index is -1.28. The summed E-state index contributed by atoms with van der Waals surface area (Å²) >= 11 is 6.19. The third-order valence-corrected chi connectivity index (χ3v) is 3.65. The van der Waals surface area contributed by atoms with Crippen LogP contribution < -0.4 is 14.8 Å². The summed E-state index contributed by atoms with van der Waals surface area (Å²) in [6.07, 6.45) is 1.30. The molecule has 2 aromatic rings. The summed E-state index contributed by atoms with van der Waals surface area (Å²) in [5, 5.41) is 12.1. The van der Waals surface area contributed by atoms with Gasteiger partial charge in [-0.15, -0.1) is 0 Å². The second-order valence-electron chi connectivity index (χ2n) is 5.15. The first-order valence-corrected chi connectivity index (χ1v) is 8.15. The molecule has 0 aliphatic carbocycles. The molecule has 2 aromatic carbocycles. The van der Waals surface area contributed by atoms with Gasteiger partial charge in [-0.3, -0.25) is 4.79 Å². The number of nitrogens with one attached hydrogen (secondary N) is 1. The third kappa shape index (κ3) is 4.77. The molecule has 0 spiro atoms. The number of carbonyl (C=O) groups excluding carboxylic acids is 1. The molecule has 0 aromatic heterocycles. The highest BCUT2D eigenvalue weighted by Crippen LogP contribution is 2.36. The van der Waals surface area contributed by atoms with E-state index in [9.17, 15) is 14.7 Å². The zero-order valence-electron chi connectivity index (χ0n) is 14.3. The molecule has 0 radical (unpaired) electrons. The first kappa shape index (κ1) is 19.3. The lowest BCUT2D eigenvalue weighted by atomic mass is 10.1. The minimum Gasteiger partial charge on any atom is -0.493 e. The van der Waals surface area contributed by atoms with E-state index >= 15 is 0 Å². The zero-order chi connectivity index (χ0) is 19.1. The molecule has 26 heavy (non-hydrogen) atoms. The quantitative estimate of drug-likeness (QED) is 0.722. The molecule has 2 rings (SSSR count). The van der Waals surface area contributed by atoms with Crippen LogP contribution >= 0.6 is 11.6 Å². The van der Waals surface area contributed by atoms with E-state index in [4.69, 9.17) is 21.1 Å². The van der Waals surface area contributed by atoms with Gasteiger partial charge in [-0.1, -0.05) is 29.8 Å². The first-order chi connectivity index (χ1) is 12.5. The van der Waals surface area contributed by atoms with Crippen molar-refractivity contribution in [1.82, 2.24) is 5.32 Å². The summed E-state index contributed by atoms with van der Waals surface area (Å²) in [6.45, 7) is 2.21. The predicted molar refractivity (Wildman–Crippen MR) is 98.7 cm³/mol. The lowest BCUT2D eigenvalue weighted by Gasteiger charge is -2.12. The van der Waals surface area contributed by atoms with Gasteiger partial charge in [-0.2, -0.15) is 0 Å². The van der Waals surface area contributed by atoms with Gasteiger partial charge in [0, 0.05) is 5.56 Å². The summed E-state index contributed by atoms with van der Waals surface area (Å²) in [6, 6.07) is 11.4. The Morgan fingerprint density at radius 3 is 2.50 bits per heavy atom. The molecule has 1 amide bonds. The molecule has 2 N–H and O–H groups in total. The van der Waals surface area contributed by atoms with Crippen LogP contribution in [0.15, 0.2) is 48.2 Å². The van der Waals surface area contributed by atoms with Crippen LogP contribution in [0.5, 0.6) is 11.5 Å². The highest BCUT2D eigenvalue weighted by molar-refractivity contribution is 6.32. The van der Waals surface area contributed by atoms with Crippen molar-refractivity contribution in [1.29, 1.82) is 0 Å². The Labute approximate surface area is 156 Å².